The highest BCUT2D eigenvalue weighted by molar-refractivity contribution is 9.09. The van der Waals surface area contributed by atoms with Crippen LogP contribution in [0.2, 0.25) is 0 Å². The number of ether oxygens (including phenoxy) is 2. The van der Waals surface area contributed by atoms with E-state index in [4.69, 9.17) is 9.47 Å². The van der Waals surface area contributed by atoms with Crippen LogP contribution in [-0.4, -0.2) is 25.3 Å². The van der Waals surface area contributed by atoms with Crippen molar-refractivity contribution in [2.24, 2.45) is 35.5 Å². The van der Waals surface area contributed by atoms with Crippen LogP contribution in [-0.2, 0) is 9.47 Å². The molecule has 0 radical (unpaired) electrons. The van der Waals surface area contributed by atoms with Gasteiger partial charge in [-0.3, -0.25) is 0 Å². The lowest BCUT2D eigenvalue weighted by molar-refractivity contribution is -0.0561. The first-order valence-corrected chi connectivity index (χ1v) is 15.1. The van der Waals surface area contributed by atoms with E-state index in [9.17, 15) is 0 Å². The molecule has 0 spiro atoms. The Bertz CT molecular complexity index is 389. The van der Waals surface area contributed by atoms with Crippen LogP contribution >= 0.6 is 15.9 Å². The predicted octanol–water partition coefficient (Wildman–Crippen LogP) is 9.89. The van der Waals surface area contributed by atoms with Gasteiger partial charge in [-0.25, -0.2) is 0 Å². The minimum absolute atomic E-state index is 0.471. The van der Waals surface area contributed by atoms with Crippen LogP contribution in [0, 0.1) is 35.5 Å². The Morgan fingerprint density at radius 3 is 1.38 bits per heavy atom. The molecule has 0 bridgehead atoms. The molecule has 0 aliphatic carbocycles. The van der Waals surface area contributed by atoms with Crippen LogP contribution < -0.4 is 0 Å². The van der Waals surface area contributed by atoms with Crippen molar-refractivity contribution in [3.05, 3.63) is 0 Å². The van der Waals surface area contributed by atoms with E-state index in [-0.39, 0.29) is 0 Å². The van der Waals surface area contributed by atoms with Crippen molar-refractivity contribution >= 4 is 15.9 Å². The summed E-state index contributed by atoms with van der Waals surface area (Å²) >= 11 is 3.57. The van der Waals surface area contributed by atoms with Crippen LogP contribution in [0.5, 0.6) is 0 Å². The topological polar surface area (TPSA) is 18.5 Å². The van der Waals surface area contributed by atoms with Gasteiger partial charge in [0.05, 0.1) is 0 Å². The molecule has 0 aromatic rings. The van der Waals surface area contributed by atoms with Gasteiger partial charge in [-0.2, -0.15) is 0 Å². The Balaban J connectivity index is 3.82. The van der Waals surface area contributed by atoms with Crippen LogP contribution in [0.15, 0.2) is 0 Å². The maximum atomic E-state index is 5.63. The minimum Gasteiger partial charge on any atom is -0.355 e. The van der Waals surface area contributed by atoms with Gasteiger partial charge in [-0.05, 0) is 99.7 Å². The molecule has 194 valence electrons. The van der Waals surface area contributed by atoms with Gasteiger partial charge in [0.2, 0.25) is 0 Å². The molecular weight excluding hydrogens is 460 g/mol. The molecule has 0 N–H and O–H groups in total. The Labute approximate surface area is 211 Å². The summed E-state index contributed by atoms with van der Waals surface area (Å²) in [5.41, 5.74) is 0. The first-order chi connectivity index (χ1) is 15.3. The second-order valence-corrected chi connectivity index (χ2v) is 12.2. The van der Waals surface area contributed by atoms with Gasteiger partial charge in [0.15, 0.2) is 0 Å². The van der Waals surface area contributed by atoms with Crippen molar-refractivity contribution in [3.8, 4) is 0 Å². The third kappa shape index (κ3) is 21.0. The summed E-state index contributed by atoms with van der Waals surface area (Å²) in [6.45, 7) is 19.1. The fraction of sp³-hybridized carbons (Fsp3) is 1.00. The van der Waals surface area contributed by atoms with E-state index in [0.717, 1.165) is 66.9 Å². The molecule has 0 amide bonds. The molecule has 0 rings (SSSR count). The molecule has 0 aliphatic rings. The van der Waals surface area contributed by atoms with Gasteiger partial charge >= 0.3 is 0 Å². The summed E-state index contributed by atoms with van der Waals surface area (Å²) < 4.78 is 11.1. The lowest BCUT2D eigenvalue weighted by Crippen LogP contribution is -2.13. The van der Waals surface area contributed by atoms with E-state index in [1.807, 2.05) is 0 Å². The zero-order valence-electron chi connectivity index (χ0n) is 23.0. The molecule has 0 heterocycles. The standard InChI is InChI=1S/C29H59BrO2/c1-8-9-10-16-31-23-32-17-12-14-25(3)19-27(5)21-29(7)22-28(6)20-26(4)18-24(2)13-11-15-30/h24-29H,8-23H2,1-7H3. The largest absolute Gasteiger partial charge is 0.355 e. The summed E-state index contributed by atoms with van der Waals surface area (Å²) in [5, 5.41) is 1.15. The molecule has 0 aliphatic heterocycles. The van der Waals surface area contributed by atoms with Crippen LogP contribution in [0.4, 0.5) is 0 Å². The van der Waals surface area contributed by atoms with E-state index in [2.05, 4.69) is 64.4 Å². The zero-order valence-corrected chi connectivity index (χ0v) is 24.6. The van der Waals surface area contributed by atoms with E-state index in [1.54, 1.807) is 0 Å². The van der Waals surface area contributed by atoms with Crippen molar-refractivity contribution < 1.29 is 9.47 Å². The molecular formula is C29H59BrO2. The molecule has 2 nitrogen and oxygen atoms in total. The lowest BCUT2D eigenvalue weighted by Gasteiger charge is -2.25. The number of unbranched alkanes of at least 4 members (excludes halogenated alkanes) is 2. The number of hydrogen-bond donors (Lipinski definition) is 0. The first kappa shape index (κ1) is 32.4. The van der Waals surface area contributed by atoms with Gasteiger partial charge in [0, 0.05) is 18.5 Å². The highest BCUT2D eigenvalue weighted by Crippen LogP contribution is 2.29. The summed E-state index contributed by atoms with van der Waals surface area (Å²) in [6, 6.07) is 0. The van der Waals surface area contributed by atoms with Gasteiger partial charge in [0.1, 0.15) is 6.79 Å². The number of halogens is 1. The van der Waals surface area contributed by atoms with Gasteiger partial charge < -0.3 is 9.47 Å². The van der Waals surface area contributed by atoms with E-state index >= 15 is 0 Å². The van der Waals surface area contributed by atoms with E-state index in [0.29, 0.717) is 6.79 Å². The molecule has 0 saturated heterocycles. The van der Waals surface area contributed by atoms with Crippen LogP contribution in [0.3, 0.4) is 0 Å². The molecule has 6 atom stereocenters. The molecule has 32 heavy (non-hydrogen) atoms. The maximum absolute atomic E-state index is 5.63. The normalized spacial score (nSPS) is 17.6. The number of hydrogen-bond acceptors (Lipinski definition) is 2. The summed E-state index contributed by atoms with van der Waals surface area (Å²) in [6.07, 6.45) is 15.7. The molecule has 0 fully saturated rings. The first-order valence-electron chi connectivity index (χ1n) is 14.0. The quantitative estimate of drug-likeness (QED) is 0.0760. The average molecular weight is 520 g/mol. The van der Waals surface area contributed by atoms with E-state index < -0.39 is 0 Å². The van der Waals surface area contributed by atoms with Crippen LogP contribution in [0.1, 0.15) is 126 Å². The van der Waals surface area contributed by atoms with Gasteiger partial charge in [-0.1, -0.05) is 77.2 Å². The van der Waals surface area contributed by atoms with Gasteiger partial charge in [-0.15, -0.1) is 0 Å². The molecule has 6 unspecified atom stereocenters. The van der Waals surface area contributed by atoms with Crippen molar-refractivity contribution in [2.45, 2.75) is 126 Å². The van der Waals surface area contributed by atoms with Crippen molar-refractivity contribution in [1.29, 1.82) is 0 Å². The third-order valence-electron chi connectivity index (χ3n) is 6.90. The summed E-state index contributed by atoms with van der Waals surface area (Å²) in [4.78, 5) is 0. The predicted molar refractivity (Wildman–Crippen MR) is 147 cm³/mol. The maximum Gasteiger partial charge on any atom is 0.146 e. The fourth-order valence-electron chi connectivity index (χ4n) is 5.65. The smallest absolute Gasteiger partial charge is 0.146 e. The summed E-state index contributed by atoms with van der Waals surface area (Å²) in [5.74, 6) is 5.07. The highest BCUT2D eigenvalue weighted by atomic mass is 79.9. The SMILES string of the molecule is CCCCCOCOCCCC(C)CC(C)CC(C)CC(C)CC(C)CC(C)CCCBr. The van der Waals surface area contributed by atoms with Gasteiger partial charge in [0.25, 0.3) is 0 Å². The molecule has 0 aromatic carbocycles. The average Bonchev–Trinajstić information content (AvgIpc) is 2.70. The second kappa shape index (κ2) is 21.9. The second-order valence-electron chi connectivity index (χ2n) is 11.4. The van der Waals surface area contributed by atoms with Crippen molar-refractivity contribution in [1.82, 2.24) is 0 Å². The molecule has 3 heteroatoms. The Morgan fingerprint density at radius 2 is 0.938 bits per heavy atom. The number of rotatable bonds is 23. The lowest BCUT2D eigenvalue weighted by atomic mass is 9.81. The Hall–Kier alpha value is 0.400. The monoisotopic (exact) mass is 518 g/mol. The van der Waals surface area contributed by atoms with Crippen molar-refractivity contribution in [3.63, 3.8) is 0 Å². The van der Waals surface area contributed by atoms with Crippen LogP contribution in [0.25, 0.3) is 0 Å². The molecule has 0 saturated carbocycles. The Morgan fingerprint density at radius 1 is 0.531 bits per heavy atom. The zero-order chi connectivity index (χ0) is 24.2. The van der Waals surface area contributed by atoms with Crippen molar-refractivity contribution in [2.75, 3.05) is 25.3 Å². The fourth-order valence-corrected chi connectivity index (χ4v) is 5.97. The Kier molecular flexibility index (Phi) is 22.2. The summed E-state index contributed by atoms with van der Waals surface area (Å²) in [7, 11) is 0. The highest BCUT2D eigenvalue weighted by Gasteiger charge is 2.17. The minimum atomic E-state index is 0.471. The van der Waals surface area contributed by atoms with E-state index in [1.165, 1.54) is 64.2 Å². The molecule has 0 aromatic heterocycles. The number of alkyl halides is 1. The third-order valence-corrected chi connectivity index (χ3v) is 7.46.